The maximum Gasteiger partial charge on any atom is 0.355 e. The summed E-state index contributed by atoms with van der Waals surface area (Å²) in [6.45, 7) is 1.74. The highest BCUT2D eigenvalue weighted by Crippen LogP contribution is 2.30. The lowest BCUT2D eigenvalue weighted by atomic mass is 9.95. The summed E-state index contributed by atoms with van der Waals surface area (Å²) >= 11 is 0. The van der Waals surface area contributed by atoms with E-state index in [-0.39, 0.29) is 12.3 Å². The quantitative estimate of drug-likeness (QED) is 0.579. The van der Waals surface area contributed by atoms with Crippen molar-refractivity contribution in [2.24, 2.45) is 11.0 Å². The highest BCUT2D eigenvalue weighted by atomic mass is 16.5. The van der Waals surface area contributed by atoms with Gasteiger partial charge in [0.2, 0.25) is 0 Å². The van der Waals surface area contributed by atoms with Crippen molar-refractivity contribution in [2.75, 3.05) is 25.8 Å². The zero-order chi connectivity index (χ0) is 17.7. The predicted molar refractivity (Wildman–Crippen MR) is 84.3 cm³/mol. The van der Waals surface area contributed by atoms with Gasteiger partial charge < -0.3 is 14.2 Å². The Morgan fingerprint density at radius 3 is 2.25 bits per heavy atom. The molecule has 8 heteroatoms. The monoisotopic (exact) mass is 334 g/mol. The molecular formula is C16H18N2O6. The van der Waals surface area contributed by atoms with Crippen LogP contribution in [0.2, 0.25) is 0 Å². The highest BCUT2D eigenvalue weighted by Gasteiger charge is 2.51. The Labute approximate surface area is 139 Å². The second-order valence-electron chi connectivity index (χ2n) is 4.85. The van der Waals surface area contributed by atoms with Crippen LogP contribution in [0, 0.1) is 5.92 Å². The third-order valence-corrected chi connectivity index (χ3v) is 3.49. The summed E-state index contributed by atoms with van der Waals surface area (Å²) in [6.07, 6.45) is 0. The fourth-order valence-electron chi connectivity index (χ4n) is 2.43. The number of para-hydroxylation sites is 1. The van der Waals surface area contributed by atoms with Crippen molar-refractivity contribution in [2.45, 2.75) is 13.0 Å². The first-order chi connectivity index (χ1) is 11.5. The number of ether oxygens (including phenoxy) is 3. The van der Waals surface area contributed by atoms with Gasteiger partial charge >= 0.3 is 17.9 Å². The van der Waals surface area contributed by atoms with Crippen LogP contribution < -0.4 is 5.01 Å². The van der Waals surface area contributed by atoms with Crippen LogP contribution in [0.1, 0.15) is 6.92 Å². The molecule has 0 N–H and O–H groups in total. The normalized spacial score (nSPS) is 19.5. The van der Waals surface area contributed by atoms with E-state index in [9.17, 15) is 14.4 Å². The van der Waals surface area contributed by atoms with Gasteiger partial charge in [-0.25, -0.2) is 14.6 Å². The average molecular weight is 334 g/mol. The summed E-state index contributed by atoms with van der Waals surface area (Å²) in [5.74, 6) is -3.49. The van der Waals surface area contributed by atoms with E-state index >= 15 is 0 Å². The number of benzene rings is 1. The van der Waals surface area contributed by atoms with Crippen molar-refractivity contribution in [3.8, 4) is 0 Å². The number of hydrogen-bond donors (Lipinski definition) is 0. The van der Waals surface area contributed by atoms with Gasteiger partial charge in [-0.15, -0.1) is 0 Å². The first-order valence-corrected chi connectivity index (χ1v) is 7.30. The number of methoxy groups -OCH3 is 2. The molecule has 0 radical (unpaired) electrons. The molecule has 128 valence electrons. The smallest absolute Gasteiger partial charge is 0.355 e. The van der Waals surface area contributed by atoms with Gasteiger partial charge in [0.1, 0.15) is 5.92 Å². The van der Waals surface area contributed by atoms with Crippen molar-refractivity contribution in [3.63, 3.8) is 0 Å². The molecule has 0 fully saturated rings. The minimum atomic E-state index is -1.23. The van der Waals surface area contributed by atoms with Crippen LogP contribution in [0.25, 0.3) is 0 Å². The largest absolute Gasteiger partial charge is 0.468 e. The number of hydrogen-bond acceptors (Lipinski definition) is 8. The van der Waals surface area contributed by atoms with Gasteiger partial charge in [0.05, 0.1) is 26.5 Å². The second kappa shape index (κ2) is 7.58. The molecule has 0 aliphatic carbocycles. The minimum Gasteiger partial charge on any atom is -0.468 e. The molecule has 0 spiro atoms. The Kier molecular flexibility index (Phi) is 5.51. The zero-order valence-corrected chi connectivity index (χ0v) is 13.6. The molecule has 0 bridgehead atoms. The van der Waals surface area contributed by atoms with Gasteiger partial charge in [0.15, 0.2) is 11.8 Å². The van der Waals surface area contributed by atoms with Crippen LogP contribution in [-0.2, 0) is 28.6 Å². The molecule has 24 heavy (non-hydrogen) atoms. The lowest BCUT2D eigenvalue weighted by Crippen LogP contribution is -2.46. The molecule has 1 aromatic rings. The molecule has 1 aliphatic rings. The first kappa shape index (κ1) is 17.5. The van der Waals surface area contributed by atoms with Gasteiger partial charge in [-0.1, -0.05) is 18.2 Å². The maximum atomic E-state index is 12.3. The maximum absolute atomic E-state index is 12.3. The van der Waals surface area contributed by atoms with E-state index < -0.39 is 29.9 Å². The highest BCUT2D eigenvalue weighted by molar-refractivity contribution is 6.42. The Morgan fingerprint density at radius 2 is 1.71 bits per heavy atom. The van der Waals surface area contributed by atoms with E-state index in [0.29, 0.717) is 5.69 Å². The fraction of sp³-hybridized carbons (Fsp3) is 0.375. The lowest BCUT2D eigenvalue weighted by molar-refractivity contribution is -0.151. The van der Waals surface area contributed by atoms with Crippen LogP contribution in [-0.4, -0.2) is 50.5 Å². The van der Waals surface area contributed by atoms with Gasteiger partial charge in [0, 0.05) is 0 Å². The number of carbonyl (C=O) groups excluding carboxylic acids is 3. The molecule has 1 aromatic carbocycles. The zero-order valence-electron chi connectivity index (χ0n) is 13.6. The van der Waals surface area contributed by atoms with E-state index in [0.717, 1.165) is 0 Å². The van der Waals surface area contributed by atoms with Crippen LogP contribution in [0.5, 0.6) is 0 Å². The predicted octanol–water partition coefficient (Wildman–Crippen LogP) is 0.756. The SMILES string of the molecule is CCOC(=O)C1=NN(c2ccccc2)[C@H](C(=O)OC)[C@@H]1C(=O)OC. The van der Waals surface area contributed by atoms with E-state index in [4.69, 9.17) is 14.2 Å². The molecular weight excluding hydrogens is 316 g/mol. The van der Waals surface area contributed by atoms with Crippen molar-refractivity contribution < 1.29 is 28.6 Å². The van der Waals surface area contributed by atoms with Gasteiger partial charge in [0.25, 0.3) is 0 Å². The molecule has 1 aliphatic heterocycles. The van der Waals surface area contributed by atoms with Crippen LogP contribution >= 0.6 is 0 Å². The molecule has 0 saturated heterocycles. The molecule has 1 heterocycles. The van der Waals surface area contributed by atoms with Crippen molar-refractivity contribution in [1.29, 1.82) is 0 Å². The number of nitrogens with zero attached hydrogens (tertiary/aromatic N) is 2. The van der Waals surface area contributed by atoms with Gasteiger partial charge in [-0.3, -0.25) is 4.79 Å². The summed E-state index contributed by atoms with van der Waals surface area (Å²) in [5, 5.41) is 5.43. The average Bonchev–Trinajstić information content (AvgIpc) is 3.02. The van der Waals surface area contributed by atoms with Crippen molar-refractivity contribution in [1.82, 2.24) is 0 Å². The summed E-state index contributed by atoms with van der Waals surface area (Å²) < 4.78 is 14.5. The second-order valence-corrected chi connectivity index (χ2v) is 4.85. The molecule has 8 nitrogen and oxygen atoms in total. The summed E-state index contributed by atoms with van der Waals surface area (Å²) in [6, 6.07) is 7.53. The Morgan fingerprint density at radius 1 is 1.08 bits per heavy atom. The molecule has 0 amide bonds. The molecule has 0 unspecified atom stereocenters. The van der Waals surface area contributed by atoms with E-state index in [1.165, 1.54) is 19.2 Å². The molecule has 2 rings (SSSR count). The van der Waals surface area contributed by atoms with Gasteiger partial charge in [-0.05, 0) is 19.1 Å². The summed E-state index contributed by atoms with van der Waals surface area (Å²) in [4.78, 5) is 36.6. The van der Waals surface area contributed by atoms with E-state index in [1.54, 1.807) is 37.3 Å². The van der Waals surface area contributed by atoms with Crippen molar-refractivity contribution in [3.05, 3.63) is 30.3 Å². The number of anilines is 1. The number of esters is 3. The van der Waals surface area contributed by atoms with Crippen LogP contribution in [0.15, 0.2) is 35.4 Å². The third kappa shape index (κ3) is 3.22. The van der Waals surface area contributed by atoms with Crippen LogP contribution in [0.4, 0.5) is 5.69 Å². The third-order valence-electron chi connectivity index (χ3n) is 3.49. The number of rotatable bonds is 5. The molecule has 2 atom stereocenters. The van der Waals surface area contributed by atoms with E-state index in [2.05, 4.69) is 5.10 Å². The van der Waals surface area contributed by atoms with Gasteiger partial charge in [-0.2, -0.15) is 5.10 Å². The summed E-state index contributed by atoms with van der Waals surface area (Å²) in [7, 11) is 2.37. The van der Waals surface area contributed by atoms with Crippen molar-refractivity contribution >= 4 is 29.3 Å². The van der Waals surface area contributed by atoms with E-state index in [1.807, 2.05) is 0 Å². The Balaban J connectivity index is 2.52. The standard InChI is InChI=1S/C16H18N2O6/c1-4-24-15(20)12-11(14(19)22-2)13(16(21)23-3)18(17-12)10-8-6-5-7-9-10/h5-9,11,13H,4H2,1-3H3/t11-,13+/m1/s1. The lowest BCUT2D eigenvalue weighted by Gasteiger charge is -2.24. The minimum absolute atomic E-state index is 0.111. The topological polar surface area (TPSA) is 94.5 Å². The summed E-state index contributed by atoms with van der Waals surface area (Å²) in [5.41, 5.74) is 0.337. The number of carbonyl (C=O) groups is 3. The molecule has 0 saturated carbocycles. The van der Waals surface area contributed by atoms with Crippen LogP contribution in [0.3, 0.4) is 0 Å². The first-order valence-electron chi connectivity index (χ1n) is 7.30. The molecule has 0 aromatic heterocycles. The Bertz CT molecular complexity index is 658. The number of hydrazone groups is 1. The fourth-order valence-corrected chi connectivity index (χ4v) is 2.43. The Hall–Kier alpha value is -2.90.